The minimum absolute atomic E-state index is 0.314. The van der Waals surface area contributed by atoms with Crippen LogP contribution in [0.4, 0.5) is 5.69 Å². The van der Waals surface area contributed by atoms with Crippen LogP contribution in [0.3, 0.4) is 0 Å². The van der Waals surface area contributed by atoms with Crippen LogP contribution in [-0.4, -0.2) is 20.7 Å². The topological polar surface area (TPSA) is 76.9 Å². The first-order valence-electron chi connectivity index (χ1n) is 8.84. The number of nitrogens with one attached hydrogen (secondary N) is 1. The van der Waals surface area contributed by atoms with Crippen LogP contribution in [0.1, 0.15) is 18.0 Å². The highest BCUT2D eigenvalue weighted by molar-refractivity contribution is 7.18. The second-order valence-corrected chi connectivity index (χ2v) is 7.68. The van der Waals surface area contributed by atoms with Crippen molar-refractivity contribution in [2.45, 2.75) is 19.9 Å². The number of benzene rings is 2. The maximum absolute atomic E-state index is 12.7. The van der Waals surface area contributed by atoms with Gasteiger partial charge in [-0.2, -0.15) is 5.10 Å². The molecule has 0 aliphatic carbocycles. The van der Waals surface area contributed by atoms with Gasteiger partial charge in [0.1, 0.15) is 6.04 Å². The number of hydrogen-bond donors (Lipinski definition) is 1. The molecule has 4 aromatic rings. The molecular formula is C21H18N4O2S. The summed E-state index contributed by atoms with van der Waals surface area (Å²) in [6.45, 7) is 3.60. The van der Waals surface area contributed by atoms with Crippen LogP contribution >= 0.6 is 11.3 Å². The van der Waals surface area contributed by atoms with Crippen molar-refractivity contribution in [3.63, 3.8) is 0 Å². The van der Waals surface area contributed by atoms with Gasteiger partial charge in [-0.3, -0.25) is 9.59 Å². The predicted octanol–water partition coefficient (Wildman–Crippen LogP) is 4.03. The number of anilines is 1. The minimum atomic E-state index is -0.760. The molecule has 0 unspecified atom stereocenters. The Morgan fingerprint density at radius 2 is 1.89 bits per heavy atom. The molecule has 28 heavy (non-hydrogen) atoms. The van der Waals surface area contributed by atoms with Crippen molar-refractivity contribution in [1.82, 2.24) is 14.8 Å². The van der Waals surface area contributed by atoms with E-state index in [9.17, 15) is 9.59 Å². The fourth-order valence-electron chi connectivity index (χ4n) is 2.94. The summed E-state index contributed by atoms with van der Waals surface area (Å²) in [5.41, 5.74) is 2.68. The number of thiazole rings is 1. The molecule has 0 radical (unpaired) electrons. The monoisotopic (exact) mass is 390 g/mol. The van der Waals surface area contributed by atoms with E-state index >= 15 is 0 Å². The van der Waals surface area contributed by atoms with Gasteiger partial charge in [-0.1, -0.05) is 30.3 Å². The standard InChI is InChI=1S/C21H18N4O2S/c1-13(21(27)23-16-8-10-19-18(12-16)22-14(2)28-19)25-20(26)11-9-17(24-25)15-6-4-3-5-7-15/h3-13H,1-2H3,(H,23,27)/t13-/m1/s1. The van der Waals surface area contributed by atoms with Gasteiger partial charge in [-0.15, -0.1) is 11.3 Å². The maximum Gasteiger partial charge on any atom is 0.267 e. The van der Waals surface area contributed by atoms with Crippen LogP contribution in [0.5, 0.6) is 0 Å². The Bertz CT molecular complexity index is 1210. The lowest BCUT2D eigenvalue weighted by atomic mass is 10.1. The Morgan fingerprint density at radius 3 is 2.68 bits per heavy atom. The van der Waals surface area contributed by atoms with Gasteiger partial charge in [-0.05, 0) is 38.1 Å². The zero-order chi connectivity index (χ0) is 19.7. The number of aromatic nitrogens is 3. The zero-order valence-electron chi connectivity index (χ0n) is 15.4. The van der Waals surface area contributed by atoms with Gasteiger partial charge in [0.25, 0.3) is 5.56 Å². The largest absolute Gasteiger partial charge is 0.324 e. The highest BCUT2D eigenvalue weighted by atomic mass is 32.1. The Morgan fingerprint density at radius 1 is 1.11 bits per heavy atom. The number of hydrogen-bond acceptors (Lipinski definition) is 5. The van der Waals surface area contributed by atoms with E-state index in [1.165, 1.54) is 10.7 Å². The van der Waals surface area contributed by atoms with Crippen LogP contribution < -0.4 is 10.9 Å². The third kappa shape index (κ3) is 3.57. The molecule has 0 fully saturated rings. The number of nitrogens with zero attached hydrogens (tertiary/aromatic N) is 3. The molecule has 4 rings (SSSR count). The molecular weight excluding hydrogens is 372 g/mol. The Kier molecular flexibility index (Phi) is 4.75. The molecule has 1 atom stereocenters. The number of aryl methyl sites for hydroxylation is 1. The van der Waals surface area contributed by atoms with Gasteiger partial charge >= 0.3 is 0 Å². The van der Waals surface area contributed by atoms with E-state index in [2.05, 4.69) is 15.4 Å². The Balaban J connectivity index is 1.60. The maximum atomic E-state index is 12.7. The number of rotatable bonds is 4. The normalized spacial score (nSPS) is 12.1. The molecule has 2 aromatic heterocycles. The van der Waals surface area contributed by atoms with E-state index in [4.69, 9.17) is 0 Å². The quantitative estimate of drug-likeness (QED) is 0.571. The minimum Gasteiger partial charge on any atom is -0.324 e. The predicted molar refractivity (Wildman–Crippen MR) is 112 cm³/mol. The number of carbonyl (C=O) groups excluding carboxylic acids is 1. The van der Waals surface area contributed by atoms with Crippen LogP contribution in [0, 0.1) is 6.92 Å². The molecule has 0 spiro atoms. The second-order valence-electron chi connectivity index (χ2n) is 6.45. The Labute approximate surface area is 165 Å². The lowest BCUT2D eigenvalue weighted by Gasteiger charge is -2.15. The van der Waals surface area contributed by atoms with Gasteiger partial charge < -0.3 is 5.32 Å². The van der Waals surface area contributed by atoms with Crippen LogP contribution in [0.15, 0.2) is 65.5 Å². The van der Waals surface area contributed by atoms with E-state index in [1.54, 1.807) is 24.3 Å². The number of amides is 1. The van der Waals surface area contributed by atoms with Gasteiger partial charge in [0, 0.05) is 17.3 Å². The van der Waals surface area contributed by atoms with Gasteiger partial charge in [-0.25, -0.2) is 9.67 Å². The van der Waals surface area contributed by atoms with E-state index in [-0.39, 0.29) is 11.5 Å². The zero-order valence-corrected chi connectivity index (χ0v) is 16.2. The summed E-state index contributed by atoms with van der Waals surface area (Å²) in [7, 11) is 0. The van der Waals surface area contributed by atoms with Crippen LogP contribution in [-0.2, 0) is 4.79 Å². The highest BCUT2D eigenvalue weighted by Gasteiger charge is 2.18. The van der Waals surface area contributed by atoms with Crippen molar-refractivity contribution in [1.29, 1.82) is 0 Å². The second kappa shape index (κ2) is 7.36. The summed E-state index contributed by atoms with van der Waals surface area (Å²) in [5.74, 6) is -0.314. The third-order valence-corrected chi connectivity index (χ3v) is 5.35. The van der Waals surface area contributed by atoms with Crippen molar-refractivity contribution >= 4 is 33.1 Å². The van der Waals surface area contributed by atoms with E-state index in [0.29, 0.717) is 11.4 Å². The average Bonchev–Trinajstić information content (AvgIpc) is 3.07. The molecule has 0 aliphatic heterocycles. The lowest BCUT2D eigenvalue weighted by Crippen LogP contribution is -2.33. The molecule has 6 nitrogen and oxygen atoms in total. The van der Waals surface area contributed by atoms with E-state index < -0.39 is 6.04 Å². The molecule has 7 heteroatoms. The van der Waals surface area contributed by atoms with E-state index in [0.717, 1.165) is 20.8 Å². The summed E-state index contributed by atoms with van der Waals surface area (Å²) in [5, 5.41) is 8.22. The summed E-state index contributed by atoms with van der Waals surface area (Å²) >= 11 is 1.61. The molecule has 1 N–H and O–H groups in total. The molecule has 140 valence electrons. The smallest absolute Gasteiger partial charge is 0.267 e. The molecule has 2 aromatic carbocycles. The van der Waals surface area contributed by atoms with Gasteiger partial charge in [0.05, 0.1) is 20.9 Å². The molecule has 1 amide bonds. The van der Waals surface area contributed by atoms with Gasteiger partial charge in [0.2, 0.25) is 5.91 Å². The molecule has 0 aliphatic rings. The van der Waals surface area contributed by atoms with E-state index in [1.807, 2.05) is 55.5 Å². The molecule has 2 heterocycles. The summed E-state index contributed by atoms with van der Waals surface area (Å²) < 4.78 is 2.28. The summed E-state index contributed by atoms with van der Waals surface area (Å²) in [6, 6.07) is 17.5. The van der Waals surface area contributed by atoms with Crippen molar-refractivity contribution in [2.75, 3.05) is 5.32 Å². The summed E-state index contributed by atoms with van der Waals surface area (Å²) in [4.78, 5) is 29.5. The fourth-order valence-corrected chi connectivity index (χ4v) is 3.75. The first kappa shape index (κ1) is 18.1. The first-order chi connectivity index (χ1) is 13.5. The molecule has 0 saturated carbocycles. The van der Waals surface area contributed by atoms with Crippen molar-refractivity contribution in [3.8, 4) is 11.3 Å². The SMILES string of the molecule is Cc1nc2cc(NC(=O)[C@@H](C)n3nc(-c4ccccc4)ccc3=O)ccc2s1. The van der Waals surface area contributed by atoms with Crippen molar-refractivity contribution in [2.24, 2.45) is 0 Å². The van der Waals surface area contributed by atoms with Crippen LogP contribution in [0.2, 0.25) is 0 Å². The summed E-state index contributed by atoms with van der Waals surface area (Å²) in [6.07, 6.45) is 0. The number of carbonyl (C=O) groups is 1. The van der Waals surface area contributed by atoms with Crippen molar-refractivity contribution in [3.05, 3.63) is 76.0 Å². The fraction of sp³-hybridized carbons (Fsp3) is 0.143. The first-order valence-corrected chi connectivity index (χ1v) is 9.66. The molecule has 0 bridgehead atoms. The number of fused-ring (bicyclic) bond motifs is 1. The average molecular weight is 390 g/mol. The van der Waals surface area contributed by atoms with Gasteiger partial charge in [0.15, 0.2) is 0 Å². The Hall–Kier alpha value is -3.32. The third-order valence-electron chi connectivity index (χ3n) is 4.40. The molecule has 0 saturated heterocycles. The van der Waals surface area contributed by atoms with Crippen molar-refractivity contribution < 1.29 is 4.79 Å². The highest BCUT2D eigenvalue weighted by Crippen LogP contribution is 2.25. The lowest BCUT2D eigenvalue weighted by molar-refractivity contribution is -0.119. The van der Waals surface area contributed by atoms with Crippen LogP contribution in [0.25, 0.3) is 21.5 Å².